The van der Waals surface area contributed by atoms with E-state index in [0.29, 0.717) is 36.9 Å². The summed E-state index contributed by atoms with van der Waals surface area (Å²) in [5, 5.41) is 23.4. The molecule has 3 heterocycles. The molecule has 0 bridgehead atoms. The zero-order chi connectivity index (χ0) is 17.2. The van der Waals surface area contributed by atoms with Crippen molar-refractivity contribution in [3.8, 4) is 0 Å². The van der Waals surface area contributed by atoms with Crippen molar-refractivity contribution in [1.82, 2.24) is 30.0 Å². The van der Waals surface area contributed by atoms with Gasteiger partial charge in [0.15, 0.2) is 5.82 Å². The summed E-state index contributed by atoms with van der Waals surface area (Å²) in [5.41, 5.74) is -0.331. The van der Waals surface area contributed by atoms with Gasteiger partial charge in [-0.1, -0.05) is 17.3 Å². The molecule has 0 aliphatic carbocycles. The molecule has 1 N–H and O–H groups in total. The minimum atomic E-state index is -0.971. The SMILES string of the molecule is CCCc1nc(CN2CCC[C@](O)(c3cn(C(C)C)nn3)C2)no1. The van der Waals surface area contributed by atoms with E-state index in [1.54, 1.807) is 4.68 Å². The predicted octanol–water partition coefficient (Wildman–Crippen LogP) is 1.68. The molecule has 0 unspecified atom stereocenters. The molecule has 8 heteroatoms. The zero-order valence-corrected chi connectivity index (χ0v) is 14.6. The Morgan fingerprint density at radius 2 is 2.25 bits per heavy atom. The van der Waals surface area contributed by atoms with E-state index in [4.69, 9.17) is 4.52 Å². The normalized spacial score (nSPS) is 22.4. The highest BCUT2D eigenvalue weighted by molar-refractivity contribution is 5.10. The molecule has 0 saturated carbocycles. The maximum Gasteiger partial charge on any atom is 0.226 e. The number of aromatic nitrogens is 5. The second-order valence-electron chi connectivity index (χ2n) is 6.88. The molecule has 2 aromatic heterocycles. The van der Waals surface area contributed by atoms with Gasteiger partial charge >= 0.3 is 0 Å². The highest BCUT2D eigenvalue weighted by Gasteiger charge is 2.38. The summed E-state index contributed by atoms with van der Waals surface area (Å²) in [6, 6.07) is 0.228. The number of nitrogens with zero attached hydrogens (tertiary/aromatic N) is 6. The summed E-state index contributed by atoms with van der Waals surface area (Å²) in [7, 11) is 0. The Hall–Kier alpha value is -1.80. The van der Waals surface area contributed by atoms with Gasteiger partial charge < -0.3 is 9.63 Å². The monoisotopic (exact) mass is 334 g/mol. The lowest BCUT2D eigenvalue weighted by Gasteiger charge is -2.37. The van der Waals surface area contributed by atoms with Gasteiger partial charge in [0.2, 0.25) is 5.89 Å². The molecule has 1 aliphatic heterocycles. The van der Waals surface area contributed by atoms with Gasteiger partial charge in [-0.2, -0.15) is 4.98 Å². The van der Waals surface area contributed by atoms with Crippen LogP contribution >= 0.6 is 0 Å². The average molecular weight is 334 g/mol. The first kappa shape index (κ1) is 17.0. The van der Waals surface area contributed by atoms with Crippen molar-refractivity contribution in [2.24, 2.45) is 0 Å². The lowest BCUT2D eigenvalue weighted by atomic mass is 9.90. The zero-order valence-electron chi connectivity index (χ0n) is 14.6. The Bertz CT molecular complexity index is 667. The summed E-state index contributed by atoms with van der Waals surface area (Å²) in [4.78, 5) is 6.56. The smallest absolute Gasteiger partial charge is 0.226 e. The lowest BCUT2D eigenvalue weighted by Crippen LogP contribution is -2.46. The van der Waals surface area contributed by atoms with Crippen LogP contribution in [0.1, 0.15) is 63.5 Å². The number of hydrogen-bond donors (Lipinski definition) is 1. The van der Waals surface area contributed by atoms with E-state index in [1.807, 2.05) is 20.0 Å². The molecule has 8 nitrogen and oxygen atoms in total. The molecule has 1 fully saturated rings. The van der Waals surface area contributed by atoms with Crippen molar-refractivity contribution in [3.05, 3.63) is 23.6 Å². The Balaban J connectivity index is 1.68. The van der Waals surface area contributed by atoms with E-state index in [1.165, 1.54) is 0 Å². The van der Waals surface area contributed by atoms with Crippen LogP contribution < -0.4 is 0 Å². The van der Waals surface area contributed by atoms with Crippen molar-refractivity contribution < 1.29 is 9.63 Å². The molecule has 1 aliphatic rings. The first-order chi connectivity index (χ1) is 11.5. The molecule has 132 valence electrons. The molecular weight excluding hydrogens is 308 g/mol. The average Bonchev–Trinajstić information content (AvgIpc) is 3.17. The third-order valence-electron chi connectivity index (χ3n) is 4.41. The molecule has 3 rings (SSSR count). The van der Waals surface area contributed by atoms with Gasteiger partial charge in [0.05, 0.1) is 12.7 Å². The fraction of sp³-hybridized carbons (Fsp3) is 0.750. The second kappa shape index (κ2) is 6.98. The van der Waals surface area contributed by atoms with Gasteiger partial charge in [0.25, 0.3) is 0 Å². The van der Waals surface area contributed by atoms with Crippen LogP contribution in [0.5, 0.6) is 0 Å². The van der Waals surface area contributed by atoms with Gasteiger partial charge in [-0.3, -0.25) is 4.90 Å². The highest BCUT2D eigenvalue weighted by atomic mass is 16.5. The van der Waals surface area contributed by atoms with E-state index in [0.717, 1.165) is 25.8 Å². The maximum atomic E-state index is 11.1. The van der Waals surface area contributed by atoms with Crippen molar-refractivity contribution in [2.75, 3.05) is 13.1 Å². The molecule has 2 aromatic rings. The molecule has 0 spiro atoms. The van der Waals surface area contributed by atoms with Crippen LogP contribution in [0.3, 0.4) is 0 Å². The number of β-amino-alcohol motifs (C(OH)–C–C–N with tert-alkyl or cyclic N) is 1. The Labute approximate surface area is 141 Å². The van der Waals surface area contributed by atoms with E-state index >= 15 is 0 Å². The summed E-state index contributed by atoms with van der Waals surface area (Å²) in [5.74, 6) is 1.35. The van der Waals surface area contributed by atoms with Crippen molar-refractivity contribution in [1.29, 1.82) is 0 Å². The largest absolute Gasteiger partial charge is 0.382 e. The van der Waals surface area contributed by atoms with Crippen LogP contribution in [-0.2, 0) is 18.6 Å². The number of hydrogen-bond acceptors (Lipinski definition) is 7. The van der Waals surface area contributed by atoms with Crippen molar-refractivity contribution in [3.63, 3.8) is 0 Å². The summed E-state index contributed by atoms with van der Waals surface area (Å²) in [6.07, 6.45) is 5.21. The van der Waals surface area contributed by atoms with Gasteiger partial charge in [-0.05, 0) is 39.7 Å². The molecule has 0 radical (unpaired) electrons. The second-order valence-corrected chi connectivity index (χ2v) is 6.88. The van der Waals surface area contributed by atoms with Gasteiger partial charge in [0, 0.05) is 19.0 Å². The van der Waals surface area contributed by atoms with E-state index in [2.05, 4.69) is 32.3 Å². The Morgan fingerprint density at radius 1 is 1.42 bits per heavy atom. The van der Waals surface area contributed by atoms with Crippen LogP contribution in [0.25, 0.3) is 0 Å². The standard InChI is InChI=1S/C16H26N6O2/c1-4-6-15-17-14(19-24-15)10-21-8-5-7-16(23,11-21)13-9-22(12(2)3)20-18-13/h9,12,23H,4-8,10-11H2,1-3H3/t16-/m1/s1. The Kier molecular flexibility index (Phi) is 4.96. The molecule has 0 aromatic carbocycles. The van der Waals surface area contributed by atoms with Gasteiger partial charge in [0.1, 0.15) is 11.3 Å². The Morgan fingerprint density at radius 3 is 2.96 bits per heavy atom. The summed E-state index contributed by atoms with van der Waals surface area (Å²) in [6.45, 7) is 8.14. The quantitative estimate of drug-likeness (QED) is 0.859. The third kappa shape index (κ3) is 3.64. The third-order valence-corrected chi connectivity index (χ3v) is 4.41. The number of aliphatic hydroxyl groups is 1. The fourth-order valence-electron chi connectivity index (χ4n) is 3.08. The topological polar surface area (TPSA) is 93.1 Å². The molecule has 1 atom stereocenters. The number of rotatable bonds is 6. The van der Waals surface area contributed by atoms with Gasteiger partial charge in [-0.25, -0.2) is 4.68 Å². The number of likely N-dealkylation sites (tertiary alicyclic amines) is 1. The summed E-state index contributed by atoms with van der Waals surface area (Å²) < 4.78 is 7.02. The molecule has 24 heavy (non-hydrogen) atoms. The summed E-state index contributed by atoms with van der Waals surface area (Å²) >= 11 is 0. The van der Waals surface area contributed by atoms with E-state index in [-0.39, 0.29) is 6.04 Å². The molecule has 0 amide bonds. The van der Waals surface area contributed by atoms with Crippen LogP contribution in [0.4, 0.5) is 0 Å². The van der Waals surface area contributed by atoms with Crippen LogP contribution in [0.2, 0.25) is 0 Å². The predicted molar refractivity (Wildman–Crippen MR) is 87.1 cm³/mol. The van der Waals surface area contributed by atoms with E-state index < -0.39 is 5.60 Å². The lowest BCUT2D eigenvalue weighted by molar-refractivity contribution is -0.0422. The first-order valence-electron chi connectivity index (χ1n) is 8.68. The molecule has 1 saturated heterocycles. The maximum absolute atomic E-state index is 11.1. The van der Waals surface area contributed by atoms with Crippen LogP contribution in [-0.4, -0.2) is 48.2 Å². The van der Waals surface area contributed by atoms with Gasteiger partial charge in [-0.15, -0.1) is 5.10 Å². The minimum absolute atomic E-state index is 0.228. The van der Waals surface area contributed by atoms with E-state index in [9.17, 15) is 5.11 Å². The number of aryl methyl sites for hydroxylation is 1. The van der Waals surface area contributed by atoms with Crippen molar-refractivity contribution in [2.45, 2.75) is 64.6 Å². The fourth-order valence-corrected chi connectivity index (χ4v) is 3.08. The first-order valence-corrected chi connectivity index (χ1v) is 8.68. The van der Waals surface area contributed by atoms with Crippen LogP contribution in [0.15, 0.2) is 10.7 Å². The number of piperidine rings is 1. The van der Waals surface area contributed by atoms with Crippen LogP contribution in [0, 0.1) is 0 Å². The minimum Gasteiger partial charge on any atom is -0.382 e. The molecular formula is C16H26N6O2. The highest BCUT2D eigenvalue weighted by Crippen LogP contribution is 2.31. The van der Waals surface area contributed by atoms with Crippen molar-refractivity contribution >= 4 is 0 Å².